The molecule has 0 fully saturated rings. The van der Waals surface area contributed by atoms with Gasteiger partial charge >= 0.3 is 5.97 Å². The fraction of sp³-hybridized carbons (Fsp3) is 0.0741. The van der Waals surface area contributed by atoms with Gasteiger partial charge in [0.05, 0.1) is 38.6 Å². The average molecular weight is 501 g/mol. The highest BCUT2D eigenvalue weighted by Crippen LogP contribution is 2.39. The van der Waals surface area contributed by atoms with Gasteiger partial charge in [0.15, 0.2) is 0 Å². The van der Waals surface area contributed by atoms with E-state index >= 15 is 0 Å². The van der Waals surface area contributed by atoms with E-state index in [0.717, 1.165) is 0 Å². The number of esters is 1. The molecule has 1 aromatic heterocycles. The fourth-order valence-electron chi connectivity index (χ4n) is 4.40. The molecule has 0 saturated carbocycles. The normalized spacial score (nSPS) is 11.6. The third kappa shape index (κ3) is 3.70. The molecule has 0 N–H and O–H groups in total. The Balaban J connectivity index is 1.94. The van der Waals surface area contributed by atoms with E-state index in [1.54, 1.807) is 61.5 Å². The number of para-hydroxylation sites is 2. The second-order valence-electron chi connectivity index (χ2n) is 8.01. The maximum Gasteiger partial charge on any atom is 0.338 e. The Morgan fingerprint density at radius 2 is 1.53 bits per heavy atom. The number of nitro benzene ring substituents is 1. The minimum atomic E-state index is -4.05. The summed E-state index contributed by atoms with van der Waals surface area (Å²) >= 11 is 0. The number of hydrogen-bond acceptors (Lipinski definition) is 6. The van der Waals surface area contributed by atoms with Gasteiger partial charge in [-0.3, -0.25) is 10.1 Å². The van der Waals surface area contributed by atoms with Gasteiger partial charge in [-0.1, -0.05) is 48.5 Å². The number of nitrogens with zero attached hydrogens (tertiary/aromatic N) is 2. The number of carbonyl (C=O) groups is 1. The number of carbonyl (C=O) groups excluding carboxylic acids is 1. The molecule has 36 heavy (non-hydrogen) atoms. The lowest BCUT2D eigenvalue weighted by Gasteiger charge is -2.13. The maximum absolute atomic E-state index is 13.8. The van der Waals surface area contributed by atoms with Crippen molar-refractivity contribution in [2.45, 2.75) is 11.8 Å². The molecular formula is C27H20N2O6S. The summed E-state index contributed by atoms with van der Waals surface area (Å²) < 4.78 is 34.1. The lowest BCUT2D eigenvalue weighted by atomic mass is 9.96. The standard InChI is InChI=1S/C27H20N2O6S/c1-2-35-27(30)23-16-22-20-13-6-8-14-24(20)28(36(33,34)18-10-4-3-5-11-18)26(22)17-21(23)19-12-7-9-15-25(19)29(31)32/h3-17H,2H2,1H3. The molecule has 1 heterocycles. The number of rotatable bonds is 6. The summed E-state index contributed by atoms with van der Waals surface area (Å²) in [5, 5.41) is 12.9. The van der Waals surface area contributed by atoms with Crippen LogP contribution < -0.4 is 0 Å². The third-order valence-electron chi connectivity index (χ3n) is 5.94. The van der Waals surface area contributed by atoms with Gasteiger partial charge in [-0.15, -0.1) is 0 Å². The molecule has 0 radical (unpaired) electrons. The van der Waals surface area contributed by atoms with Gasteiger partial charge in [0.2, 0.25) is 0 Å². The molecule has 0 amide bonds. The molecule has 0 atom stereocenters. The molecule has 0 saturated heterocycles. The summed E-state index contributed by atoms with van der Waals surface area (Å²) in [7, 11) is -4.05. The summed E-state index contributed by atoms with van der Waals surface area (Å²) in [5.41, 5.74) is 1.00. The monoisotopic (exact) mass is 500 g/mol. The van der Waals surface area contributed by atoms with Crippen LogP contribution in [0.3, 0.4) is 0 Å². The second kappa shape index (κ2) is 8.94. The molecule has 0 aliphatic carbocycles. The number of benzene rings is 4. The van der Waals surface area contributed by atoms with Crippen molar-refractivity contribution in [3.05, 3.63) is 107 Å². The summed E-state index contributed by atoms with van der Waals surface area (Å²) in [5.74, 6) is -0.657. The van der Waals surface area contributed by atoms with Crippen LogP contribution >= 0.6 is 0 Å². The third-order valence-corrected chi connectivity index (χ3v) is 7.68. The molecule has 0 bridgehead atoms. The van der Waals surface area contributed by atoms with Crippen molar-refractivity contribution in [3.63, 3.8) is 0 Å². The zero-order valence-electron chi connectivity index (χ0n) is 19.1. The molecule has 5 rings (SSSR count). The molecule has 0 spiro atoms. The van der Waals surface area contributed by atoms with Crippen molar-refractivity contribution >= 4 is 43.5 Å². The van der Waals surface area contributed by atoms with Gasteiger partial charge in [-0.05, 0) is 43.3 Å². The van der Waals surface area contributed by atoms with Gasteiger partial charge in [0.25, 0.3) is 15.7 Å². The smallest absolute Gasteiger partial charge is 0.338 e. The summed E-state index contributed by atoms with van der Waals surface area (Å²) in [4.78, 5) is 24.4. The van der Waals surface area contributed by atoms with Crippen LogP contribution in [0.4, 0.5) is 5.69 Å². The second-order valence-corrected chi connectivity index (χ2v) is 9.80. The van der Waals surface area contributed by atoms with E-state index in [4.69, 9.17) is 4.74 Å². The fourth-order valence-corrected chi connectivity index (χ4v) is 5.94. The zero-order valence-corrected chi connectivity index (χ0v) is 19.9. The van der Waals surface area contributed by atoms with Gasteiger partial charge in [-0.25, -0.2) is 17.2 Å². The quantitative estimate of drug-likeness (QED) is 0.166. The van der Waals surface area contributed by atoms with Crippen LogP contribution in [0.15, 0.2) is 95.9 Å². The Hall–Kier alpha value is -4.50. The van der Waals surface area contributed by atoms with Crippen LogP contribution in [0.2, 0.25) is 0 Å². The maximum atomic E-state index is 13.8. The molecule has 180 valence electrons. The van der Waals surface area contributed by atoms with Crippen molar-refractivity contribution in [2.24, 2.45) is 0 Å². The average Bonchev–Trinajstić information content (AvgIpc) is 3.22. The first kappa shape index (κ1) is 23.3. The van der Waals surface area contributed by atoms with E-state index in [2.05, 4.69) is 0 Å². The molecule has 0 aliphatic heterocycles. The highest BCUT2D eigenvalue weighted by molar-refractivity contribution is 7.90. The van der Waals surface area contributed by atoms with Crippen molar-refractivity contribution in [1.29, 1.82) is 0 Å². The minimum absolute atomic E-state index is 0.0920. The van der Waals surface area contributed by atoms with E-state index in [1.165, 1.54) is 40.4 Å². The molecule has 8 nitrogen and oxygen atoms in total. The molecule has 0 unspecified atom stereocenters. The van der Waals surface area contributed by atoms with Crippen LogP contribution in [0.25, 0.3) is 32.9 Å². The first-order chi connectivity index (χ1) is 17.3. The largest absolute Gasteiger partial charge is 0.462 e. The van der Waals surface area contributed by atoms with Crippen LogP contribution in [-0.4, -0.2) is 29.9 Å². The summed E-state index contributed by atoms with van der Waals surface area (Å²) in [6.45, 7) is 1.77. The molecule has 0 aliphatic rings. The van der Waals surface area contributed by atoms with Crippen LogP contribution in [0.5, 0.6) is 0 Å². The number of fused-ring (bicyclic) bond motifs is 3. The SMILES string of the molecule is CCOC(=O)c1cc2c3ccccc3n(S(=O)(=O)c3ccccc3)c2cc1-c1ccccc1[N+](=O)[O-]. The summed E-state index contributed by atoms with van der Waals surface area (Å²) in [6, 6.07) is 24.1. The van der Waals surface area contributed by atoms with Crippen molar-refractivity contribution < 1.29 is 22.9 Å². The predicted octanol–water partition coefficient (Wildman–Crippen LogP) is 5.78. The van der Waals surface area contributed by atoms with E-state index in [0.29, 0.717) is 21.8 Å². The molecule has 4 aromatic carbocycles. The lowest BCUT2D eigenvalue weighted by molar-refractivity contribution is -0.384. The van der Waals surface area contributed by atoms with E-state index < -0.39 is 20.9 Å². The first-order valence-electron chi connectivity index (χ1n) is 11.1. The highest BCUT2D eigenvalue weighted by Gasteiger charge is 2.27. The Bertz CT molecular complexity index is 1760. The van der Waals surface area contributed by atoms with Gasteiger partial charge in [0, 0.05) is 22.4 Å². The number of ether oxygens (including phenoxy) is 1. The van der Waals surface area contributed by atoms with Gasteiger partial charge in [-0.2, -0.15) is 0 Å². The van der Waals surface area contributed by atoms with Gasteiger partial charge in [0.1, 0.15) is 0 Å². The predicted molar refractivity (Wildman–Crippen MR) is 137 cm³/mol. The Kier molecular flexibility index (Phi) is 5.77. The number of nitro groups is 1. The zero-order chi connectivity index (χ0) is 25.4. The summed E-state index contributed by atoms with van der Waals surface area (Å²) in [6.07, 6.45) is 0. The number of aromatic nitrogens is 1. The van der Waals surface area contributed by atoms with E-state index in [9.17, 15) is 23.3 Å². The molecule has 5 aromatic rings. The van der Waals surface area contributed by atoms with Crippen LogP contribution in [0.1, 0.15) is 17.3 Å². The van der Waals surface area contributed by atoms with E-state index in [-0.39, 0.29) is 33.9 Å². The topological polar surface area (TPSA) is 109 Å². The Labute approximate surface area is 206 Å². The van der Waals surface area contributed by atoms with Crippen LogP contribution in [0, 0.1) is 10.1 Å². The van der Waals surface area contributed by atoms with Gasteiger partial charge < -0.3 is 4.74 Å². The van der Waals surface area contributed by atoms with Crippen LogP contribution in [-0.2, 0) is 14.8 Å². The van der Waals surface area contributed by atoms with E-state index in [1.807, 2.05) is 0 Å². The first-order valence-corrected chi connectivity index (χ1v) is 12.6. The lowest BCUT2D eigenvalue weighted by Crippen LogP contribution is -2.13. The Morgan fingerprint density at radius 3 is 2.25 bits per heavy atom. The molecule has 9 heteroatoms. The highest BCUT2D eigenvalue weighted by atomic mass is 32.2. The van der Waals surface area contributed by atoms with Crippen molar-refractivity contribution in [2.75, 3.05) is 6.61 Å². The minimum Gasteiger partial charge on any atom is -0.462 e. The number of hydrogen-bond donors (Lipinski definition) is 0. The molecular weight excluding hydrogens is 480 g/mol. The van der Waals surface area contributed by atoms with Crippen molar-refractivity contribution in [1.82, 2.24) is 3.97 Å². The van der Waals surface area contributed by atoms with Crippen molar-refractivity contribution in [3.8, 4) is 11.1 Å². The Morgan fingerprint density at radius 1 is 0.861 bits per heavy atom.